The lowest BCUT2D eigenvalue weighted by molar-refractivity contribution is -0.150. The van der Waals surface area contributed by atoms with Gasteiger partial charge in [-0.15, -0.1) is 0 Å². The number of carbonyl (C=O) groups excluding carboxylic acids is 3. The number of rotatable bonds is 5. The van der Waals surface area contributed by atoms with Gasteiger partial charge in [-0.3, -0.25) is 14.4 Å². The van der Waals surface area contributed by atoms with Crippen LogP contribution < -0.4 is 0 Å². The fourth-order valence-electron chi connectivity index (χ4n) is 5.09. The molecular weight excluding hydrogens is 358 g/mol. The summed E-state index contributed by atoms with van der Waals surface area (Å²) in [6, 6.07) is -1.12. The van der Waals surface area contributed by atoms with E-state index < -0.39 is 27.4 Å². The van der Waals surface area contributed by atoms with Gasteiger partial charge in [0.2, 0.25) is 10.0 Å². The summed E-state index contributed by atoms with van der Waals surface area (Å²) in [5.41, 5.74) is -1.26. The summed E-state index contributed by atoms with van der Waals surface area (Å²) < 4.78 is 32.6. The SMILES string of the molecule is CCOC(=O)C1CC(=O)CCN1S(=O)(=O)C[C@@]12CC[C@@H](CC1=O)C2(C)C. The van der Waals surface area contributed by atoms with Crippen LogP contribution in [0.2, 0.25) is 0 Å². The van der Waals surface area contributed by atoms with Crippen molar-refractivity contribution in [2.45, 2.75) is 58.9 Å². The van der Waals surface area contributed by atoms with Gasteiger partial charge in [-0.1, -0.05) is 13.8 Å². The van der Waals surface area contributed by atoms with Crippen LogP contribution in [0.15, 0.2) is 0 Å². The number of Topliss-reactive ketones (excluding diaryl/α,β-unsaturated/α-hetero) is 2. The van der Waals surface area contributed by atoms with Crippen molar-refractivity contribution < 1.29 is 27.5 Å². The van der Waals surface area contributed by atoms with Gasteiger partial charge in [0.05, 0.1) is 12.4 Å². The lowest BCUT2D eigenvalue weighted by atomic mass is 9.70. The van der Waals surface area contributed by atoms with E-state index in [9.17, 15) is 22.8 Å². The maximum atomic E-state index is 13.2. The van der Waals surface area contributed by atoms with Gasteiger partial charge in [-0.2, -0.15) is 4.31 Å². The van der Waals surface area contributed by atoms with Crippen LogP contribution in [0.4, 0.5) is 0 Å². The zero-order valence-electron chi connectivity index (χ0n) is 15.6. The molecule has 3 fully saturated rings. The smallest absolute Gasteiger partial charge is 0.324 e. The first-order chi connectivity index (χ1) is 12.0. The molecule has 0 amide bonds. The Morgan fingerprint density at radius 2 is 1.96 bits per heavy atom. The van der Waals surface area contributed by atoms with E-state index in [2.05, 4.69) is 0 Å². The molecule has 1 heterocycles. The molecule has 26 heavy (non-hydrogen) atoms. The van der Waals surface area contributed by atoms with Crippen LogP contribution in [0.5, 0.6) is 0 Å². The number of hydrogen-bond acceptors (Lipinski definition) is 6. The highest BCUT2D eigenvalue weighted by Crippen LogP contribution is 2.64. The van der Waals surface area contributed by atoms with Crippen molar-refractivity contribution in [1.29, 1.82) is 0 Å². The molecule has 3 atom stereocenters. The van der Waals surface area contributed by atoms with Crippen LogP contribution in [0.1, 0.15) is 52.9 Å². The lowest BCUT2D eigenvalue weighted by Crippen LogP contribution is -2.54. The van der Waals surface area contributed by atoms with E-state index in [1.165, 1.54) is 0 Å². The van der Waals surface area contributed by atoms with E-state index in [1.807, 2.05) is 13.8 Å². The van der Waals surface area contributed by atoms with Crippen molar-refractivity contribution in [2.75, 3.05) is 18.9 Å². The molecule has 3 aliphatic rings. The number of fused-ring (bicyclic) bond motifs is 2. The molecule has 0 aromatic heterocycles. The quantitative estimate of drug-likeness (QED) is 0.662. The Hall–Kier alpha value is -1.28. The first kappa shape index (κ1) is 19.5. The molecule has 1 saturated heterocycles. The zero-order valence-corrected chi connectivity index (χ0v) is 16.4. The number of carbonyl (C=O) groups is 3. The molecule has 0 aromatic rings. The van der Waals surface area contributed by atoms with Crippen LogP contribution in [0, 0.1) is 16.7 Å². The second-order valence-electron chi connectivity index (χ2n) is 8.29. The topological polar surface area (TPSA) is 97.8 Å². The molecule has 8 heteroatoms. The van der Waals surface area contributed by atoms with Crippen LogP contribution in [0.25, 0.3) is 0 Å². The number of nitrogens with zero attached hydrogens (tertiary/aromatic N) is 1. The summed E-state index contributed by atoms with van der Waals surface area (Å²) in [5.74, 6) is -0.891. The molecule has 0 radical (unpaired) electrons. The number of ether oxygens (including phenoxy) is 1. The van der Waals surface area contributed by atoms with Gasteiger partial charge in [-0.05, 0) is 31.1 Å². The van der Waals surface area contributed by atoms with E-state index in [4.69, 9.17) is 4.74 Å². The lowest BCUT2D eigenvalue weighted by Gasteiger charge is -2.39. The molecule has 1 unspecified atom stereocenters. The predicted octanol–water partition coefficient (Wildman–Crippen LogP) is 1.31. The van der Waals surface area contributed by atoms with Gasteiger partial charge in [-0.25, -0.2) is 8.42 Å². The standard InChI is InChI=1S/C18H27NO6S/c1-4-25-16(22)14-10-13(20)6-8-19(14)26(23,24)11-18-7-5-12(9-15(18)21)17(18,2)3/h12,14H,4-11H2,1-3H3/t12-,14?,18-/m0/s1. The predicted molar refractivity (Wildman–Crippen MR) is 93.7 cm³/mol. The van der Waals surface area contributed by atoms with Crippen molar-refractivity contribution in [1.82, 2.24) is 4.31 Å². The third kappa shape index (κ3) is 2.81. The fraction of sp³-hybridized carbons (Fsp3) is 0.833. The molecule has 3 rings (SSSR count). The number of esters is 1. The van der Waals surface area contributed by atoms with Crippen molar-refractivity contribution in [3.63, 3.8) is 0 Å². The first-order valence-corrected chi connectivity index (χ1v) is 10.9. The second kappa shape index (κ2) is 6.41. The molecule has 0 N–H and O–H groups in total. The molecule has 0 spiro atoms. The van der Waals surface area contributed by atoms with E-state index in [0.717, 1.165) is 10.7 Å². The van der Waals surface area contributed by atoms with Crippen LogP contribution in [0.3, 0.4) is 0 Å². The molecule has 2 aliphatic carbocycles. The monoisotopic (exact) mass is 385 g/mol. The summed E-state index contributed by atoms with van der Waals surface area (Å²) in [7, 11) is -3.89. The maximum absolute atomic E-state index is 13.2. The Balaban J connectivity index is 1.90. The Bertz CT molecular complexity index is 743. The van der Waals surface area contributed by atoms with Crippen molar-refractivity contribution in [3.8, 4) is 0 Å². The van der Waals surface area contributed by atoms with Crippen molar-refractivity contribution in [2.24, 2.45) is 16.7 Å². The summed E-state index contributed by atoms with van der Waals surface area (Å²) in [6.45, 7) is 5.69. The Morgan fingerprint density at radius 1 is 1.27 bits per heavy atom. The normalized spacial score (nSPS) is 34.3. The van der Waals surface area contributed by atoms with Crippen LogP contribution >= 0.6 is 0 Å². The molecule has 146 valence electrons. The third-order valence-corrected chi connectivity index (χ3v) is 8.87. The van der Waals surface area contributed by atoms with Gasteiger partial charge < -0.3 is 4.74 Å². The van der Waals surface area contributed by atoms with E-state index in [-0.39, 0.29) is 54.6 Å². The average molecular weight is 385 g/mol. The maximum Gasteiger partial charge on any atom is 0.324 e. The molecule has 2 bridgehead atoms. The third-order valence-electron chi connectivity index (χ3n) is 6.86. The second-order valence-corrected chi connectivity index (χ2v) is 10.2. The minimum atomic E-state index is -3.89. The van der Waals surface area contributed by atoms with Gasteiger partial charge in [0.15, 0.2) is 0 Å². The zero-order chi connectivity index (χ0) is 19.3. The highest BCUT2D eigenvalue weighted by Gasteiger charge is 2.66. The van der Waals surface area contributed by atoms with Gasteiger partial charge in [0, 0.05) is 31.2 Å². The largest absolute Gasteiger partial charge is 0.465 e. The van der Waals surface area contributed by atoms with Gasteiger partial charge in [0.25, 0.3) is 0 Å². The number of hydrogen-bond donors (Lipinski definition) is 0. The summed E-state index contributed by atoms with van der Waals surface area (Å²) >= 11 is 0. The summed E-state index contributed by atoms with van der Waals surface area (Å²) in [4.78, 5) is 36.7. The van der Waals surface area contributed by atoms with Gasteiger partial charge in [0.1, 0.15) is 17.6 Å². The van der Waals surface area contributed by atoms with E-state index in [1.54, 1.807) is 6.92 Å². The Kier molecular flexibility index (Phi) is 4.80. The van der Waals surface area contributed by atoms with Gasteiger partial charge >= 0.3 is 5.97 Å². The minimum Gasteiger partial charge on any atom is -0.465 e. The molecule has 1 aliphatic heterocycles. The fourth-order valence-corrected chi connectivity index (χ4v) is 7.47. The average Bonchev–Trinajstić information content (AvgIpc) is 2.88. The molecular formula is C18H27NO6S. The molecule has 0 aromatic carbocycles. The van der Waals surface area contributed by atoms with Crippen molar-refractivity contribution in [3.05, 3.63) is 0 Å². The van der Waals surface area contributed by atoms with E-state index >= 15 is 0 Å². The molecule has 7 nitrogen and oxygen atoms in total. The van der Waals surface area contributed by atoms with Crippen molar-refractivity contribution >= 4 is 27.6 Å². The highest BCUT2D eigenvalue weighted by molar-refractivity contribution is 7.89. The Labute approximate surface area is 154 Å². The minimum absolute atomic E-state index is 0.0168. The highest BCUT2D eigenvalue weighted by atomic mass is 32.2. The Morgan fingerprint density at radius 3 is 2.50 bits per heavy atom. The molecule has 2 saturated carbocycles. The number of sulfonamides is 1. The number of ketones is 2. The number of piperidine rings is 1. The van der Waals surface area contributed by atoms with E-state index in [0.29, 0.717) is 12.8 Å². The first-order valence-electron chi connectivity index (χ1n) is 9.26. The van der Waals surface area contributed by atoms with Crippen LogP contribution in [-0.2, 0) is 29.1 Å². The summed E-state index contributed by atoms with van der Waals surface area (Å²) in [6.07, 6.45) is 1.78. The van der Waals surface area contributed by atoms with Crippen LogP contribution in [-0.4, -0.2) is 55.2 Å². The summed E-state index contributed by atoms with van der Waals surface area (Å²) in [5, 5.41) is 0.